The number of aryl methyl sites for hydroxylation is 1. The number of thiophene rings is 1. The predicted octanol–water partition coefficient (Wildman–Crippen LogP) is 6.54. The lowest BCUT2D eigenvalue weighted by Gasteiger charge is -2.03. The van der Waals surface area contributed by atoms with Gasteiger partial charge in [-0.15, -0.1) is 11.3 Å². The number of fused-ring (bicyclic) bond motifs is 1. The summed E-state index contributed by atoms with van der Waals surface area (Å²) in [5.41, 5.74) is 2.46. The Morgan fingerprint density at radius 2 is 1.78 bits per heavy atom. The molecule has 0 saturated carbocycles. The number of phenolic OH excluding ortho intramolecular Hbond substituents is 1. The van der Waals surface area contributed by atoms with E-state index in [1.807, 2.05) is 6.07 Å². The molecule has 0 amide bonds. The van der Waals surface area contributed by atoms with Crippen molar-refractivity contribution in [1.29, 1.82) is 0 Å². The first kappa shape index (κ1) is 16.0. The van der Waals surface area contributed by atoms with Gasteiger partial charge < -0.3 is 5.11 Å². The van der Waals surface area contributed by atoms with E-state index in [-0.39, 0.29) is 11.6 Å². The minimum atomic E-state index is -0.358. The molecule has 0 aliphatic heterocycles. The van der Waals surface area contributed by atoms with Crippen molar-refractivity contribution in [1.82, 2.24) is 0 Å². The number of hydrogen-bond donors (Lipinski definition) is 1. The summed E-state index contributed by atoms with van der Waals surface area (Å²) in [4.78, 5) is 1.03. The van der Waals surface area contributed by atoms with Crippen LogP contribution in [-0.2, 0) is 6.42 Å². The molecule has 3 rings (SSSR count). The normalized spacial score (nSPS) is 11.2. The van der Waals surface area contributed by atoms with Crippen molar-refractivity contribution in [2.75, 3.05) is 0 Å². The second-order valence-corrected chi connectivity index (χ2v) is 7.02. The standard InChI is InChI=1S/C20H21FOS/c1-2-3-4-5-6-14-7-9-15(10-8-14)19-12-16-11-17(22)13-18(21)20(16)23-19/h7-13,22H,2-6H2,1H3. The average molecular weight is 328 g/mol. The lowest BCUT2D eigenvalue weighted by molar-refractivity contribution is 0.471. The molecule has 23 heavy (non-hydrogen) atoms. The van der Waals surface area contributed by atoms with Crippen LogP contribution in [0.1, 0.15) is 38.2 Å². The summed E-state index contributed by atoms with van der Waals surface area (Å²) in [5.74, 6) is -0.384. The van der Waals surface area contributed by atoms with E-state index in [2.05, 4.69) is 31.2 Å². The molecule has 2 aromatic carbocycles. The molecule has 0 saturated heterocycles. The summed E-state index contributed by atoms with van der Waals surface area (Å²) in [6.07, 6.45) is 6.21. The van der Waals surface area contributed by atoms with E-state index in [0.717, 1.165) is 22.2 Å². The number of hydrogen-bond acceptors (Lipinski definition) is 2. The SMILES string of the molecule is CCCCCCc1ccc(-c2cc3cc(O)cc(F)c3s2)cc1. The molecule has 1 N–H and O–H groups in total. The van der Waals surface area contributed by atoms with Crippen LogP contribution >= 0.6 is 11.3 Å². The molecule has 1 aromatic heterocycles. The average Bonchev–Trinajstić information content (AvgIpc) is 2.96. The molecule has 0 radical (unpaired) electrons. The Morgan fingerprint density at radius 1 is 1.00 bits per heavy atom. The van der Waals surface area contributed by atoms with E-state index in [0.29, 0.717) is 4.70 Å². The Morgan fingerprint density at radius 3 is 2.52 bits per heavy atom. The summed E-state index contributed by atoms with van der Waals surface area (Å²) < 4.78 is 14.5. The van der Waals surface area contributed by atoms with Crippen LogP contribution in [0, 0.1) is 5.82 Å². The molecule has 0 unspecified atom stereocenters. The third-order valence-corrected chi connectivity index (χ3v) is 5.32. The van der Waals surface area contributed by atoms with Crippen LogP contribution in [0.5, 0.6) is 5.75 Å². The zero-order chi connectivity index (χ0) is 16.2. The Bertz CT molecular complexity index is 789. The van der Waals surface area contributed by atoms with Gasteiger partial charge in [-0.3, -0.25) is 0 Å². The highest BCUT2D eigenvalue weighted by Crippen LogP contribution is 2.36. The van der Waals surface area contributed by atoms with Gasteiger partial charge in [-0.2, -0.15) is 0 Å². The van der Waals surface area contributed by atoms with E-state index in [9.17, 15) is 9.50 Å². The number of halogens is 1. The van der Waals surface area contributed by atoms with Gasteiger partial charge in [0.1, 0.15) is 11.6 Å². The molecular weight excluding hydrogens is 307 g/mol. The van der Waals surface area contributed by atoms with Crippen LogP contribution in [0.2, 0.25) is 0 Å². The third kappa shape index (κ3) is 3.73. The molecule has 1 heterocycles. The largest absolute Gasteiger partial charge is 0.508 e. The maximum absolute atomic E-state index is 13.9. The van der Waals surface area contributed by atoms with Crippen molar-refractivity contribution in [3.8, 4) is 16.2 Å². The quantitative estimate of drug-likeness (QED) is 0.510. The minimum Gasteiger partial charge on any atom is -0.508 e. The number of phenols is 1. The van der Waals surface area contributed by atoms with E-state index in [1.165, 1.54) is 48.6 Å². The van der Waals surface area contributed by atoms with Gasteiger partial charge in [-0.05, 0) is 41.5 Å². The zero-order valence-corrected chi connectivity index (χ0v) is 14.1. The van der Waals surface area contributed by atoms with E-state index < -0.39 is 0 Å². The minimum absolute atomic E-state index is 0.0261. The van der Waals surface area contributed by atoms with Crippen LogP contribution in [0.15, 0.2) is 42.5 Å². The molecule has 0 aliphatic carbocycles. The number of unbranched alkanes of at least 4 members (excludes halogenated alkanes) is 3. The molecule has 0 spiro atoms. The Hall–Kier alpha value is -1.87. The van der Waals surface area contributed by atoms with Crippen LogP contribution in [0.25, 0.3) is 20.5 Å². The molecule has 0 aliphatic rings. The second-order valence-electron chi connectivity index (χ2n) is 5.96. The van der Waals surface area contributed by atoms with Crippen molar-refractivity contribution in [3.63, 3.8) is 0 Å². The van der Waals surface area contributed by atoms with E-state index >= 15 is 0 Å². The third-order valence-electron chi connectivity index (χ3n) is 4.11. The molecule has 3 heteroatoms. The van der Waals surface area contributed by atoms with Gasteiger partial charge >= 0.3 is 0 Å². The first-order valence-electron chi connectivity index (χ1n) is 8.18. The molecule has 1 nitrogen and oxygen atoms in total. The predicted molar refractivity (Wildman–Crippen MR) is 96.7 cm³/mol. The molecular formula is C20H21FOS. The molecule has 120 valence electrons. The fraction of sp³-hybridized carbons (Fsp3) is 0.300. The number of aromatic hydroxyl groups is 1. The summed E-state index contributed by atoms with van der Waals surface area (Å²) in [7, 11) is 0. The van der Waals surface area contributed by atoms with E-state index in [4.69, 9.17) is 0 Å². The van der Waals surface area contributed by atoms with Crippen molar-refractivity contribution in [3.05, 3.63) is 53.8 Å². The summed E-state index contributed by atoms with van der Waals surface area (Å²) >= 11 is 1.43. The van der Waals surface area contributed by atoms with Crippen LogP contribution in [0.3, 0.4) is 0 Å². The summed E-state index contributed by atoms with van der Waals surface area (Å²) in [6, 6.07) is 13.3. The first-order valence-corrected chi connectivity index (χ1v) is 9.00. The fourth-order valence-electron chi connectivity index (χ4n) is 2.83. The number of benzene rings is 2. The van der Waals surface area contributed by atoms with Gasteiger partial charge in [0.05, 0.1) is 4.70 Å². The maximum atomic E-state index is 13.9. The van der Waals surface area contributed by atoms with Gasteiger partial charge in [-0.1, -0.05) is 50.5 Å². The first-order chi connectivity index (χ1) is 11.2. The highest BCUT2D eigenvalue weighted by Gasteiger charge is 2.10. The summed E-state index contributed by atoms with van der Waals surface area (Å²) in [5, 5.41) is 10.3. The molecule has 3 aromatic rings. The number of rotatable bonds is 6. The fourth-order valence-corrected chi connectivity index (χ4v) is 3.88. The summed E-state index contributed by atoms with van der Waals surface area (Å²) in [6.45, 7) is 2.22. The Labute approximate surface area is 140 Å². The topological polar surface area (TPSA) is 20.2 Å². The highest BCUT2D eigenvalue weighted by molar-refractivity contribution is 7.22. The van der Waals surface area contributed by atoms with Gasteiger partial charge in [-0.25, -0.2) is 4.39 Å². The highest BCUT2D eigenvalue weighted by atomic mass is 32.1. The van der Waals surface area contributed by atoms with Crippen molar-refractivity contribution < 1.29 is 9.50 Å². The Kier molecular flexibility index (Phi) is 4.97. The van der Waals surface area contributed by atoms with Crippen molar-refractivity contribution >= 4 is 21.4 Å². The van der Waals surface area contributed by atoms with E-state index in [1.54, 1.807) is 6.07 Å². The van der Waals surface area contributed by atoms with Crippen LogP contribution < -0.4 is 0 Å². The molecule has 0 bridgehead atoms. The smallest absolute Gasteiger partial charge is 0.144 e. The monoisotopic (exact) mass is 328 g/mol. The van der Waals surface area contributed by atoms with Gasteiger partial charge in [0.2, 0.25) is 0 Å². The molecule has 0 atom stereocenters. The lowest BCUT2D eigenvalue weighted by Crippen LogP contribution is -1.85. The van der Waals surface area contributed by atoms with Crippen molar-refractivity contribution in [2.24, 2.45) is 0 Å². The second kappa shape index (κ2) is 7.14. The van der Waals surface area contributed by atoms with Crippen LogP contribution in [0.4, 0.5) is 4.39 Å². The maximum Gasteiger partial charge on any atom is 0.144 e. The van der Waals surface area contributed by atoms with Crippen LogP contribution in [-0.4, -0.2) is 5.11 Å². The molecule has 0 fully saturated rings. The lowest BCUT2D eigenvalue weighted by atomic mass is 10.0. The van der Waals surface area contributed by atoms with Gasteiger partial charge in [0.25, 0.3) is 0 Å². The van der Waals surface area contributed by atoms with Gasteiger partial charge in [0.15, 0.2) is 0 Å². The van der Waals surface area contributed by atoms with Crippen molar-refractivity contribution in [2.45, 2.75) is 39.0 Å². The zero-order valence-electron chi connectivity index (χ0n) is 13.3. The Balaban J connectivity index is 1.78. The van der Waals surface area contributed by atoms with Gasteiger partial charge in [0, 0.05) is 10.9 Å².